The van der Waals surface area contributed by atoms with E-state index in [0.29, 0.717) is 0 Å². The lowest BCUT2D eigenvalue weighted by molar-refractivity contribution is -0.0283. The minimum Gasteiger partial charge on any atom is -0.465 e. The van der Waals surface area contributed by atoms with E-state index >= 15 is 0 Å². The van der Waals surface area contributed by atoms with Crippen LogP contribution in [0.25, 0.3) is 0 Å². The number of ether oxygens (including phenoxy) is 1. The van der Waals surface area contributed by atoms with Crippen LogP contribution in [0.4, 0.5) is 0 Å². The fourth-order valence-corrected chi connectivity index (χ4v) is 2.07. The number of hydroxylamine groups is 1. The van der Waals surface area contributed by atoms with Crippen molar-refractivity contribution < 1.29 is 19.2 Å². The zero-order valence-electron chi connectivity index (χ0n) is 11.3. The molecule has 20 heavy (non-hydrogen) atoms. The molecule has 0 radical (unpaired) electrons. The number of methoxy groups -OCH3 is 1. The van der Waals surface area contributed by atoms with Crippen LogP contribution in [0.5, 0.6) is 0 Å². The van der Waals surface area contributed by atoms with Crippen molar-refractivity contribution in [1.82, 2.24) is 10.8 Å². The summed E-state index contributed by atoms with van der Waals surface area (Å²) in [5.74, 6) is -0.984. The van der Waals surface area contributed by atoms with E-state index in [2.05, 4.69) is 15.5 Å². The van der Waals surface area contributed by atoms with E-state index in [1.54, 1.807) is 24.3 Å². The highest BCUT2D eigenvalue weighted by Gasteiger charge is 2.19. The van der Waals surface area contributed by atoms with Crippen LogP contribution in [0.1, 0.15) is 33.6 Å². The van der Waals surface area contributed by atoms with E-state index in [1.165, 1.54) is 7.11 Å². The Kier molecular flexibility index (Phi) is 5.09. The van der Waals surface area contributed by atoms with Gasteiger partial charge in [-0.2, -0.15) is 0 Å². The van der Waals surface area contributed by atoms with Crippen molar-refractivity contribution in [3.63, 3.8) is 0 Å². The van der Waals surface area contributed by atoms with E-state index in [1.807, 2.05) is 0 Å². The Morgan fingerprint density at radius 3 is 2.50 bits per heavy atom. The quantitative estimate of drug-likeness (QED) is 0.632. The summed E-state index contributed by atoms with van der Waals surface area (Å²) in [5.41, 5.74) is 2.88. The summed E-state index contributed by atoms with van der Waals surface area (Å²) in [4.78, 5) is 29.0. The van der Waals surface area contributed by atoms with E-state index in [-0.39, 0.29) is 17.2 Å². The van der Waals surface area contributed by atoms with Gasteiger partial charge in [0.25, 0.3) is 5.91 Å². The van der Waals surface area contributed by atoms with Gasteiger partial charge in [0.2, 0.25) is 0 Å². The molecule has 0 atom stereocenters. The Bertz CT molecular complexity index is 484. The lowest BCUT2D eigenvalue weighted by Crippen LogP contribution is -2.37. The van der Waals surface area contributed by atoms with Gasteiger partial charge in [0.15, 0.2) is 0 Å². The third-order valence-corrected chi connectivity index (χ3v) is 3.18. The maximum Gasteiger partial charge on any atom is 0.338 e. The van der Waals surface area contributed by atoms with Gasteiger partial charge in [-0.05, 0) is 38.1 Å². The fourth-order valence-electron chi connectivity index (χ4n) is 2.07. The summed E-state index contributed by atoms with van der Waals surface area (Å²) in [6, 6.07) is 6.47. The number of benzene rings is 1. The number of hydrogen-bond acceptors (Lipinski definition) is 5. The number of hydrogen-bond donors (Lipinski definition) is 2. The largest absolute Gasteiger partial charge is 0.465 e. The van der Waals surface area contributed by atoms with Crippen molar-refractivity contribution in [2.24, 2.45) is 0 Å². The predicted molar refractivity (Wildman–Crippen MR) is 72.2 cm³/mol. The second-order valence-corrected chi connectivity index (χ2v) is 4.54. The Labute approximate surface area is 117 Å². The Balaban J connectivity index is 1.99. The van der Waals surface area contributed by atoms with Gasteiger partial charge in [-0.25, -0.2) is 10.3 Å². The molecule has 6 heteroatoms. The standard InChI is InChI=1S/C14H18N2O4/c1-19-14(18)12-5-3-2-4-11(12)13(17)16-20-10-6-8-15-9-7-10/h2-5,10,15H,6-9H2,1H3,(H,16,17). The summed E-state index contributed by atoms with van der Waals surface area (Å²) in [5, 5.41) is 3.21. The van der Waals surface area contributed by atoms with E-state index < -0.39 is 11.9 Å². The molecular weight excluding hydrogens is 260 g/mol. The number of piperidine rings is 1. The first kappa shape index (κ1) is 14.5. The topological polar surface area (TPSA) is 76.7 Å². The second kappa shape index (κ2) is 7.02. The Morgan fingerprint density at radius 1 is 1.20 bits per heavy atom. The first-order chi connectivity index (χ1) is 9.72. The van der Waals surface area contributed by atoms with Crippen LogP contribution < -0.4 is 10.8 Å². The van der Waals surface area contributed by atoms with Crippen molar-refractivity contribution >= 4 is 11.9 Å². The molecule has 6 nitrogen and oxygen atoms in total. The van der Waals surface area contributed by atoms with Gasteiger partial charge in [0, 0.05) is 0 Å². The predicted octanol–water partition coefficient (Wildman–Crippen LogP) is 0.887. The molecule has 0 saturated carbocycles. The van der Waals surface area contributed by atoms with Crippen LogP contribution >= 0.6 is 0 Å². The highest BCUT2D eigenvalue weighted by Crippen LogP contribution is 2.11. The van der Waals surface area contributed by atoms with Crippen LogP contribution in [0, 0.1) is 0 Å². The maximum atomic E-state index is 12.1. The third kappa shape index (κ3) is 3.55. The van der Waals surface area contributed by atoms with Crippen LogP contribution in [0.15, 0.2) is 24.3 Å². The molecule has 0 unspecified atom stereocenters. The normalized spacial score (nSPS) is 15.7. The zero-order valence-corrected chi connectivity index (χ0v) is 11.3. The average Bonchev–Trinajstić information content (AvgIpc) is 2.52. The van der Waals surface area contributed by atoms with Crippen molar-refractivity contribution in [2.45, 2.75) is 18.9 Å². The van der Waals surface area contributed by atoms with Gasteiger partial charge >= 0.3 is 5.97 Å². The van der Waals surface area contributed by atoms with Crippen molar-refractivity contribution in [1.29, 1.82) is 0 Å². The first-order valence-corrected chi connectivity index (χ1v) is 6.56. The first-order valence-electron chi connectivity index (χ1n) is 6.56. The summed E-state index contributed by atoms with van der Waals surface area (Å²) in [7, 11) is 1.28. The number of amides is 1. The molecule has 1 amide bonds. The summed E-state index contributed by atoms with van der Waals surface area (Å²) in [6.07, 6.45) is 1.70. The third-order valence-electron chi connectivity index (χ3n) is 3.18. The van der Waals surface area contributed by atoms with Crippen LogP contribution in [0.3, 0.4) is 0 Å². The molecule has 1 aliphatic heterocycles. The van der Waals surface area contributed by atoms with Crippen molar-refractivity contribution in [3.05, 3.63) is 35.4 Å². The molecule has 1 aromatic carbocycles. The van der Waals surface area contributed by atoms with Gasteiger partial charge in [0.05, 0.1) is 24.3 Å². The van der Waals surface area contributed by atoms with Crippen molar-refractivity contribution in [2.75, 3.05) is 20.2 Å². The summed E-state index contributed by atoms with van der Waals surface area (Å²) >= 11 is 0. The Morgan fingerprint density at radius 2 is 1.85 bits per heavy atom. The molecular formula is C14H18N2O4. The number of esters is 1. The lowest BCUT2D eigenvalue weighted by atomic mass is 10.1. The number of carbonyl (C=O) groups is 2. The highest BCUT2D eigenvalue weighted by molar-refractivity contribution is 6.04. The van der Waals surface area contributed by atoms with Gasteiger partial charge in [-0.1, -0.05) is 12.1 Å². The summed E-state index contributed by atoms with van der Waals surface area (Å²) in [6.45, 7) is 1.75. The summed E-state index contributed by atoms with van der Waals surface area (Å²) < 4.78 is 4.65. The molecule has 1 fully saturated rings. The van der Waals surface area contributed by atoms with E-state index in [9.17, 15) is 9.59 Å². The fraction of sp³-hybridized carbons (Fsp3) is 0.429. The maximum absolute atomic E-state index is 12.1. The van der Waals surface area contributed by atoms with Gasteiger partial charge in [-0.15, -0.1) is 0 Å². The van der Waals surface area contributed by atoms with Gasteiger partial charge in [-0.3, -0.25) is 9.63 Å². The minimum atomic E-state index is -0.544. The SMILES string of the molecule is COC(=O)c1ccccc1C(=O)NOC1CCNCC1. The molecule has 1 saturated heterocycles. The lowest BCUT2D eigenvalue weighted by Gasteiger charge is -2.22. The van der Waals surface area contributed by atoms with E-state index in [0.717, 1.165) is 25.9 Å². The number of nitrogens with one attached hydrogen (secondary N) is 2. The Hall–Kier alpha value is -1.92. The highest BCUT2D eigenvalue weighted by atomic mass is 16.7. The molecule has 1 heterocycles. The van der Waals surface area contributed by atoms with Crippen LogP contribution in [-0.4, -0.2) is 38.2 Å². The second-order valence-electron chi connectivity index (χ2n) is 4.54. The van der Waals surface area contributed by atoms with E-state index in [4.69, 9.17) is 4.84 Å². The smallest absolute Gasteiger partial charge is 0.338 e. The molecule has 0 bridgehead atoms. The van der Waals surface area contributed by atoms with Crippen molar-refractivity contribution in [3.8, 4) is 0 Å². The molecule has 0 aliphatic carbocycles. The average molecular weight is 278 g/mol. The molecule has 108 valence electrons. The zero-order chi connectivity index (χ0) is 14.4. The number of carbonyl (C=O) groups excluding carboxylic acids is 2. The van der Waals surface area contributed by atoms with Crippen LogP contribution in [-0.2, 0) is 9.57 Å². The minimum absolute atomic E-state index is 0.00508. The van der Waals surface area contributed by atoms with Crippen LogP contribution in [0.2, 0.25) is 0 Å². The van der Waals surface area contributed by atoms with Gasteiger partial charge in [0.1, 0.15) is 0 Å². The molecule has 1 aromatic rings. The molecule has 1 aliphatic rings. The molecule has 0 spiro atoms. The molecule has 2 N–H and O–H groups in total. The molecule has 2 rings (SSSR count). The molecule has 0 aromatic heterocycles. The monoisotopic (exact) mass is 278 g/mol. The van der Waals surface area contributed by atoms with Gasteiger partial charge < -0.3 is 10.1 Å². The number of rotatable bonds is 4.